The van der Waals surface area contributed by atoms with Gasteiger partial charge >= 0.3 is 7.12 Å². The van der Waals surface area contributed by atoms with Crippen LogP contribution in [0.5, 0.6) is 5.75 Å². The molecule has 2 aromatic heterocycles. The average molecular weight is 244 g/mol. The molecule has 0 aliphatic heterocycles. The van der Waals surface area contributed by atoms with Crippen LogP contribution in [0.15, 0.2) is 42.9 Å². The summed E-state index contributed by atoms with van der Waals surface area (Å²) in [6, 6.07) is 7.12. The molecule has 0 amide bonds. The van der Waals surface area contributed by atoms with E-state index in [4.69, 9.17) is 14.8 Å². The Balaban J connectivity index is 2.12. The van der Waals surface area contributed by atoms with Crippen LogP contribution in [0, 0.1) is 0 Å². The highest BCUT2D eigenvalue weighted by molar-refractivity contribution is 6.58. The lowest BCUT2D eigenvalue weighted by Gasteiger charge is -2.14. The molecule has 2 aromatic rings. The van der Waals surface area contributed by atoms with E-state index in [2.05, 4.69) is 9.97 Å². The number of aromatic nitrogens is 2. The summed E-state index contributed by atoms with van der Waals surface area (Å²) in [7, 11) is -1.55. The Morgan fingerprint density at radius 1 is 1.28 bits per heavy atom. The second-order valence-corrected chi connectivity index (χ2v) is 3.84. The van der Waals surface area contributed by atoms with Crippen molar-refractivity contribution in [1.29, 1.82) is 0 Å². The van der Waals surface area contributed by atoms with Crippen molar-refractivity contribution in [2.45, 2.75) is 13.0 Å². The average Bonchev–Trinajstić information content (AvgIpc) is 2.40. The minimum atomic E-state index is -1.55. The van der Waals surface area contributed by atoms with E-state index in [1.807, 2.05) is 25.1 Å². The third-order valence-electron chi connectivity index (χ3n) is 2.45. The van der Waals surface area contributed by atoms with Gasteiger partial charge in [-0.15, -0.1) is 0 Å². The van der Waals surface area contributed by atoms with Crippen LogP contribution in [0.2, 0.25) is 0 Å². The number of rotatable bonds is 4. The maximum absolute atomic E-state index is 9.05. The Hall–Kier alpha value is -1.92. The van der Waals surface area contributed by atoms with Crippen LogP contribution in [0.3, 0.4) is 0 Å². The molecule has 18 heavy (non-hydrogen) atoms. The molecule has 2 heterocycles. The fourth-order valence-electron chi connectivity index (χ4n) is 1.52. The smallest absolute Gasteiger partial charge is 0.483 e. The van der Waals surface area contributed by atoms with Gasteiger partial charge in [0.2, 0.25) is 0 Å². The molecule has 2 N–H and O–H groups in total. The Labute approximate surface area is 105 Å². The molecule has 5 nitrogen and oxygen atoms in total. The van der Waals surface area contributed by atoms with Crippen molar-refractivity contribution >= 4 is 12.6 Å². The van der Waals surface area contributed by atoms with E-state index in [-0.39, 0.29) is 6.10 Å². The highest BCUT2D eigenvalue weighted by Gasteiger charge is 2.14. The lowest BCUT2D eigenvalue weighted by Crippen LogP contribution is -2.30. The molecular weight excluding hydrogens is 231 g/mol. The van der Waals surface area contributed by atoms with Gasteiger partial charge in [0.25, 0.3) is 0 Å². The van der Waals surface area contributed by atoms with E-state index in [1.165, 1.54) is 18.5 Å². The molecular formula is C12H13BN2O3. The van der Waals surface area contributed by atoms with Gasteiger partial charge < -0.3 is 14.8 Å². The second kappa shape index (κ2) is 5.62. The predicted octanol–water partition coefficient (Wildman–Crippen LogP) is 0.296. The largest absolute Gasteiger partial charge is 0.490 e. The quantitative estimate of drug-likeness (QED) is 0.756. The van der Waals surface area contributed by atoms with Crippen molar-refractivity contribution in [3.05, 3.63) is 48.5 Å². The molecule has 0 unspecified atom stereocenters. The molecule has 0 saturated carbocycles. The lowest BCUT2D eigenvalue weighted by atomic mass is 9.82. The molecule has 1 atom stereocenters. The van der Waals surface area contributed by atoms with E-state index in [1.54, 1.807) is 6.20 Å². The van der Waals surface area contributed by atoms with E-state index in [9.17, 15) is 0 Å². The number of hydrogen-bond donors (Lipinski definition) is 2. The second-order valence-electron chi connectivity index (χ2n) is 3.84. The molecule has 2 rings (SSSR count). The van der Waals surface area contributed by atoms with Gasteiger partial charge in [-0.3, -0.25) is 9.97 Å². The van der Waals surface area contributed by atoms with Crippen molar-refractivity contribution in [2.75, 3.05) is 0 Å². The number of ether oxygens (including phenoxy) is 1. The molecule has 0 bridgehead atoms. The van der Waals surface area contributed by atoms with Crippen molar-refractivity contribution < 1.29 is 14.8 Å². The molecule has 0 spiro atoms. The molecule has 0 radical (unpaired) electrons. The Kier molecular flexibility index (Phi) is 3.91. The first-order chi connectivity index (χ1) is 8.66. The molecule has 0 aromatic carbocycles. The van der Waals surface area contributed by atoms with Crippen molar-refractivity contribution in [2.24, 2.45) is 0 Å². The van der Waals surface area contributed by atoms with E-state index in [0.29, 0.717) is 11.2 Å². The predicted molar refractivity (Wildman–Crippen MR) is 67.3 cm³/mol. The monoisotopic (exact) mass is 244 g/mol. The fraction of sp³-hybridized carbons (Fsp3) is 0.167. The lowest BCUT2D eigenvalue weighted by molar-refractivity contribution is 0.221. The van der Waals surface area contributed by atoms with Crippen LogP contribution in [0.25, 0.3) is 0 Å². The zero-order valence-corrected chi connectivity index (χ0v) is 9.89. The summed E-state index contributed by atoms with van der Waals surface area (Å²) >= 11 is 0. The molecule has 92 valence electrons. The molecule has 0 saturated heterocycles. The number of hydrogen-bond acceptors (Lipinski definition) is 5. The van der Waals surface area contributed by atoms with E-state index < -0.39 is 7.12 Å². The minimum Gasteiger partial charge on any atom is -0.483 e. The van der Waals surface area contributed by atoms with Gasteiger partial charge in [-0.2, -0.15) is 0 Å². The molecule has 0 aliphatic carbocycles. The first kappa shape index (κ1) is 12.5. The first-order valence-corrected chi connectivity index (χ1v) is 5.55. The van der Waals surface area contributed by atoms with Gasteiger partial charge in [0.1, 0.15) is 11.9 Å². The molecule has 0 fully saturated rings. The summed E-state index contributed by atoms with van der Waals surface area (Å²) in [5.74, 6) is 0.471. The standard InChI is InChI=1S/C12H13BN2O3/c1-9(12-4-2-3-5-15-12)18-11-6-10(13(16)17)7-14-8-11/h2-9,16-17H,1H3/t9-/m1/s1. The summed E-state index contributed by atoms with van der Waals surface area (Å²) in [6.07, 6.45) is 4.36. The maximum Gasteiger partial charge on any atom is 0.490 e. The fourth-order valence-corrected chi connectivity index (χ4v) is 1.52. The molecule has 6 heteroatoms. The van der Waals surface area contributed by atoms with E-state index >= 15 is 0 Å². The zero-order chi connectivity index (χ0) is 13.0. The molecule has 0 aliphatic rings. The highest BCUT2D eigenvalue weighted by Crippen LogP contribution is 2.18. The summed E-state index contributed by atoms with van der Waals surface area (Å²) < 4.78 is 5.64. The van der Waals surface area contributed by atoms with Crippen LogP contribution in [-0.2, 0) is 0 Å². The Morgan fingerprint density at radius 3 is 2.78 bits per heavy atom. The van der Waals surface area contributed by atoms with E-state index in [0.717, 1.165) is 5.69 Å². The van der Waals surface area contributed by atoms with Crippen LogP contribution in [0.4, 0.5) is 0 Å². The van der Waals surface area contributed by atoms with Crippen molar-refractivity contribution in [3.8, 4) is 5.75 Å². The van der Waals surface area contributed by atoms with Crippen LogP contribution in [-0.4, -0.2) is 27.1 Å². The number of nitrogens with zero attached hydrogens (tertiary/aromatic N) is 2. The summed E-state index contributed by atoms with van der Waals surface area (Å²) in [6.45, 7) is 1.87. The normalized spacial score (nSPS) is 11.9. The van der Waals surface area contributed by atoms with Crippen molar-refractivity contribution in [3.63, 3.8) is 0 Å². The van der Waals surface area contributed by atoms with Gasteiger partial charge in [-0.05, 0) is 25.1 Å². The van der Waals surface area contributed by atoms with Crippen molar-refractivity contribution in [1.82, 2.24) is 9.97 Å². The third-order valence-corrected chi connectivity index (χ3v) is 2.45. The summed E-state index contributed by atoms with van der Waals surface area (Å²) in [5, 5.41) is 18.1. The van der Waals surface area contributed by atoms with Gasteiger partial charge in [-0.1, -0.05) is 6.07 Å². The maximum atomic E-state index is 9.05. The topological polar surface area (TPSA) is 75.5 Å². The Bertz CT molecular complexity index is 508. The van der Waals surface area contributed by atoms with Gasteiger partial charge in [0.05, 0.1) is 11.9 Å². The third kappa shape index (κ3) is 3.06. The number of pyridine rings is 2. The SMILES string of the molecule is C[C@@H](Oc1cncc(B(O)O)c1)c1ccccn1. The first-order valence-electron chi connectivity index (χ1n) is 5.55. The van der Waals surface area contributed by atoms with Crippen LogP contribution >= 0.6 is 0 Å². The van der Waals surface area contributed by atoms with Crippen LogP contribution in [0.1, 0.15) is 18.7 Å². The highest BCUT2D eigenvalue weighted by atomic mass is 16.5. The van der Waals surface area contributed by atoms with Crippen LogP contribution < -0.4 is 10.2 Å². The van der Waals surface area contributed by atoms with Gasteiger partial charge in [0, 0.05) is 17.9 Å². The minimum absolute atomic E-state index is 0.237. The zero-order valence-electron chi connectivity index (χ0n) is 9.89. The summed E-state index contributed by atoms with van der Waals surface area (Å²) in [5.41, 5.74) is 1.09. The Morgan fingerprint density at radius 2 is 2.11 bits per heavy atom. The van der Waals surface area contributed by atoms with Gasteiger partial charge in [0.15, 0.2) is 0 Å². The summed E-state index contributed by atoms with van der Waals surface area (Å²) in [4.78, 5) is 8.08. The van der Waals surface area contributed by atoms with Gasteiger partial charge in [-0.25, -0.2) is 0 Å².